The molecule has 2 N–H and O–H groups in total. The molecule has 5 rings (SSSR count). The van der Waals surface area contributed by atoms with Crippen LogP contribution in [0.15, 0.2) is 18.2 Å². The summed E-state index contributed by atoms with van der Waals surface area (Å²) in [6.45, 7) is 1.75. The van der Waals surface area contributed by atoms with Gasteiger partial charge in [0.1, 0.15) is 11.2 Å². The first-order valence-electron chi connectivity index (χ1n) is 11.2. The van der Waals surface area contributed by atoms with Gasteiger partial charge in [0.25, 0.3) is 5.91 Å². The smallest absolute Gasteiger partial charge is 0.257 e. The molecule has 1 aromatic rings. The first kappa shape index (κ1) is 19.4. The summed E-state index contributed by atoms with van der Waals surface area (Å²) in [5, 5.41) is 6.08. The van der Waals surface area contributed by atoms with Crippen LogP contribution in [0.3, 0.4) is 0 Å². The lowest BCUT2D eigenvalue weighted by Gasteiger charge is -2.27. The van der Waals surface area contributed by atoms with Gasteiger partial charge in [-0.1, -0.05) is 12.1 Å². The van der Waals surface area contributed by atoms with E-state index >= 15 is 0 Å². The zero-order valence-corrected chi connectivity index (χ0v) is 17.2. The van der Waals surface area contributed by atoms with Crippen molar-refractivity contribution in [3.05, 3.63) is 29.3 Å². The number of hydrogen-bond donors (Lipinski definition) is 2. The second-order valence-corrected chi connectivity index (χ2v) is 9.14. The molecule has 7 heteroatoms. The lowest BCUT2D eigenvalue weighted by molar-refractivity contribution is -0.137. The van der Waals surface area contributed by atoms with Crippen molar-refractivity contribution in [2.45, 2.75) is 63.5 Å². The molecule has 0 bridgehead atoms. The largest absolute Gasteiger partial charge is 0.492 e. The van der Waals surface area contributed by atoms with Crippen LogP contribution in [0.1, 0.15) is 60.9 Å². The Bertz CT molecular complexity index is 875. The Morgan fingerprint density at radius 1 is 1.00 bits per heavy atom. The Morgan fingerprint density at radius 3 is 2.50 bits per heavy atom. The normalized spacial score (nSPS) is 24.3. The Balaban J connectivity index is 1.26. The lowest BCUT2D eigenvalue weighted by Crippen LogP contribution is -2.50. The third kappa shape index (κ3) is 3.66. The number of nitrogens with one attached hydrogen (secondary N) is 2. The average Bonchev–Trinajstić information content (AvgIpc) is 3.65. The molecule has 2 aliphatic heterocycles. The van der Waals surface area contributed by atoms with Crippen LogP contribution in [0.2, 0.25) is 0 Å². The highest BCUT2D eigenvalue weighted by molar-refractivity contribution is 6.08. The molecule has 30 heavy (non-hydrogen) atoms. The van der Waals surface area contributed by atoms with E-state index in [1.165, 1.54) is 0 Å². The number of likely N-dealkylation sites (tertiary alicyclic amines) is 1. The molecule has 2 saturated carbocycles. The number of rotatable bonds is 5. The van der Waals surface area contributed by atoms with E-state index in [-0.39, 0.29) is 29.8 Å². The van der Waals surface area contributed by atoms with Gasteiger partial charge in [-0.05, 0) is 56.6 Å². The van der Waals surface area contributed by atoms with E-state index in [4.69, 9.17) is 4.74 Å². The highest BCUT2D eigenvalue weighted by Gasteiger charge is 2.57. The predicted octanol–water partition coefficient (Wildman–Crippen LogP) is 1.79. The number of para-hydroxylation sites is 1. The summed E-state index contributed by atoms with van der Waals surface area (Å²) in [6.07, 6.45) is 6.74. The molecule has 3 fully saturated rings. The van der Waals surface area contributed by atoms with Gasteiger partial charge in [0.2, 0.25) is 11.8 Å². The number of ether oxygens (including phenoxy) is 1. The number of nitrogens with zero attached hydrogens (tertiary/aromatic N) is 1. The summed E-state index contributed by atoms with van der Waals surface area (Å²) in [5.41, 5.74) is 0.801. The lowest BCUT2D eigenvalue weighted by atomic mass is 10.0. The predicted molar refractivity (Wildman–Crippen MR) is 110 cm³/mol. The topological polar surface area (TPSA) is 87.7 Å². The van der Waals surface area contributed by atoms with Crippen LogP contribution in [0.4, 0.5) is 0 Å². The molecule has 2 heterocycles. The number of fused-ring (bicyclic) bond motifs is 1. The minimum Gasteiger partial charge on any atom is -0.492 e. The van der Waals surface area contributed by atoms with Crippen molar-refractivity contribution in [1.29, 1.82) is 0 Å². The number of carbonyl (C=O) groups is 3. The van der Waals surface area contributed by atoms with Crippen LogP contribution in [-0.4, -0.2) is 54.4 Å². The number of amides is 3. The maximum absolute atomic E-state index is 13.3. The fourth-order valence-electron chi connectivity index (χ4n) is 4.56. The molecule has 1 aromatic carbocycles. The molecule has 3 amide bonds. The minimum absolute atomic E-state index is 0.0393. The molecule has 0 spiro atoms. The van der Waals surface area contributed by atoms with Gasteiger partial charge in [-0.25, -0.2) is 0 Å². The van der Waals surface area contributed by atoms with Gasteiger partial charge in [-0.15, -0.1) is 0 Å². The molecular formula is C23H29N3O4. The first-order chi connectivity index (χ1) is 14.6. The van der Waals surface area contributed by atoms with E-state index in [1.807, 2.05) is 23.1 Å². The van der Waals surface area contributed by atoms with Crippen LogP contribution in [0.5, 0.6) is 5.75 Å². The second-order valence-electron chi connectivity index (χ2n) is 9.14. The van der Waals surface area contributed by atoms with Crippen molar-refractivity contribution in [1.82, 2.24) is 15.5 Å². The van der Waals surface area contributed by atoms with Crippen molar-refractivity contribution < 1.29 is 19.1 Å². The van der Waals surface area contributed by atoms with Gasteiger partial charge in [-0.2, -0.15) is 0 Å². The Labute approximate surface area is 176 Å². The van der Waals surface area contributed by atoms with E-state index in [0.717, 1.165) is 44.1 Å². The van der Waals surface area contributed by atoms with Crippen LogP contribution >= 0.6 is 0 Å². The fourth-order valence-corrected chi connectivity index (χ4v) is 4.56. The van der Waals surface area contributed by atoms with Crippen molar-refractivity contribution in [3.63, 3.8) is 0 Å². The number of hydrogen-bond acceptors (Lipinski definition) is 4. The first-order valence-corrected chi connectivity index (χ1v) is 11.2. The van der Waals surface area contributed by atoms with Crippen molar-refractivity contribution in [2.24, 2.45) is 5.41 Å². The fraction of sp³-hybridized carbons (Fsp3) is 0.609. The highest BCUT2D eigenvalue weighted by Crippen LogP contribution is 2.47. The SMILES string of the molecule is O=C(c1cccc2c1OCC2)N1CCCCC(NC(=O)C2(C(=O)NC3CC3)CC2)C1. The van der Waals surface area contributed by atoms with E-state index in [2.05, 4.69) is 10.6 Å². The van der Waals surface area contributed by atoms with Gasteiger partial charge in [-0.3, -0.25) is 14.4 Å². The van der Waals surface area contributed by atoms with Crippen molar-refractivity contribution in [2.75, 3.05) is 19.7 Å². The third-order valence-corrected chi connectivity index (χ3v) is 6.77. The Morgan fingerprint density at radius 2 is 1.77 bits per heavy atom. The molecule has 0 radical (unpaired) electrons. The maximum Gasteiger partial charge on any atom is 0.257 e. The number of carbonyl (C=O) groups excluding carboxylic acids is 3. The average molecular weight is 412 g/mol. The van der Waals surface area contributed by atoms with E-state index < -0.39 is 5.41 Å². The highest BCUT2D eigenvalue weighted by atomic mass is 16.5. The number of benzene rings is 1. The zero-order valence-electron chi connectivity index (χ0n) is 17.2. The molecule has 160 valence electrons. The summed E-state index contributed by atoms with van der Waals surface area (Å²) in [5.74, 6) is 0.369. The van der Waals surface area contributed by atoms with Crippen LogP contribution < -0.4 is 15.4 Å². The summed E-state index contributed by atoms with van der Waals surface area (Å²) < 4.78 is 5.72. The van der Waals surface area contributed by atoms with Gasteiger partial charge in [0, 0.05) is 31.6 Å². The Kier molecular flexibility index (Phi) is 4.91. The molecule has 1 saturated heterocycles. The quantitative estimate of drug-likeness (QED) is 0.723. The molecule has 2 aliphatic carbocycles. The molecule has 7 nitrogen and oxygen atoms in total. The van der Waals surface area contributed by atoms with E-state index in [1.54, 1.807) is 0 Å². The molecule has 4 aliphatic rings. The monoisotopic (exact) mass is 411 g/mol. The summed E-state index contributed by atoms with van der Waals surface area (Å²) in [7, 11) is 0. The molecular weight excluding hydrogens is 382 g/mol. The van der Waals surface area contributed by atoms with Gasteiger partial charge >= 0.3 is 0 Å². The van der Waals surface area contributed by atoms with Gasteiger partial charge in [0.15, 0.2) is 0 Å². The van der Waals surface area contributed by atoms with E-state index in [9.17, 15) is 14.4 Å². The van der Waals surface area contributed by atoms with Gasteiger partial charge < -0.3 is 20.3 Å². The van der Waals surface area contributed by atoms with Gasteiger partial charge in [0.05, 0.1) is 12.2 Å². The van der Waals surface area contributed by atoms with Crippen LogP contribution in [0.25, 0.3) is 0 Å². The van der Waals surface area contributed by atoms with Crippen molar-refractivity contribution >= 4 is 17.7 Å². The zero-order chi connectivity index (χ0) is 20.7. The van der Waals surface area contributed by atoms with Crippen molar-refractivity contribution in [3.8, 4) is 5.75 Å². The van der Waals surface area contributed by atoms with Crippen LogP contribution in [-0.2, 0) is 16.0 Å². The summed E-state index contributed by atoms with van der Waals surface area (Å²) in [4.78, 5) is 40.6. The summed E-state index contributed by atoms with van der Waals surface area (Å²) in [6, 6.07) is 5.86. The van der Waals surface area contributed by atoms with Crippen LogP contribution in [0, 0.1) is 5.41 Å². The van der Waals surface area contributed by atoms with E-state index in [0.29, 0.717) is 43.9 Å². The molecule has 0 aromatic heterocycles. The third-order valence-electron chi connectivity index (χ3n) is 6.77. The summed E-state index contributed by atoms with van der Waals surface area (Å²) >= 11 is 0. The molecule has 1 atom stereocenters. The maximum atomic E-state index is 13.3. The second kappa shape index (κ2) is 7.60. The minimum atomic E-state index is -0.891. The molecule has 1 unspecified atom stereocenters. The standard InChI is InChI=1S/C23H29N3O4/c27-20(18-6-3-4-15-9-13-30-19(15)18)26-12-2-1-5-17(14-26)25-22(29)23(10-11-23)21(28)24-16-7-8-16/h3-4,6,16-17H,1-2,5,7-14H2,(H,24,28)(H,25,29). The Hall–Kier alpha value is -2.57.